The third-order valence-corrected chi connectivity index (χ3v) is 3.36. The van der Waals surface area contributed by atoms with Crippen LogP contribution in [0.5, 0.6) is 0 Å². The Morgan fingerprint density at radius 3 is 2.93 bits per heavy atom. The van der Waals surface area contributed by atoms with Gasteiger partial charge < -0.3 is 5.11 Å². The average Bonchev–Trinajstić information content (AvgIpc) is 2.70. The zero-order valence-electron chi connectivity index (χ0n) is 9.19. The van der Waals surface area contributed by atoms with E-state index in [1.807, 2.05) is 12.1 Å². The number of aliphatic hydroxyl groups is 1. The molecule has 0 aliphatic carbocycles. The van der Waals surface area contributed by atoms with Gasteiger partial charge in [0.15, 0.2) is 0 Å². The number of hydrogen-bond acceptors (Lipinski definition) is 2. The van der Waals surface area contributed by atoms with E-state index in [0.717, 1.165) is 25.7 Å². The molecule has 0 aromatic carbocycles. The van der Waals surface area contributed by atoms with Crippen LogP contribution in [0.25, 0.3) is 0 Å². The first-order valence-electron chi connectivity index (χ1n) is 5.64. The van der Waals surface area contributed by atoms with E-state index in [1.165, 1.54) is 17.7 Å². The molecule has 2 heteroatoms. The van der Waals surface area contributed by atoms with Crippen LogP contribution in [-0.4, -0.2) is 11.2 Å². The Morgan fingerprint density at radius 1 is 1.40 bits per heavy atom. The van der Waals surface area contributed by atoms with Crippen LogP contribution in [0.15, 0.2) is 30.2 Å². The summed E-state index contributed by atoms with van der Waals surface area (Å²) < 4.78 is 0. The summed E-state index contributed by atoms with van der Waals surface area (Å²) in [7, 11) is 0. The molecule has 1 N–H and O–H groups in total. The molecule has 0 spiro atoms. The molecule has 0 bridgehead atoms. The van der Waals surface area contributed by atoms with Crippen molar-refractivity contribution in [3.05, 3.63) is 35.0 Å². The quantitative estimate of drug-likeness (QED) is 0.526. The van der Waals surface area contributed by atoms with E-state index in [1.54, 1.807) is 11.3 Å². The van der Waals surface area contributed by atoms with Crippen LogP contribution in [0.4, 0.5) is 0 Å². The van der Waals surface area contributed by atoms with Crippen molar-refractivity contribution in [1.82, 2.24) is 0 Å². The standard InChI is InChI=1S/C13H20OS/c1-2-3-4-5-6-8-12(14)11-13-9-7-10-15-13/h2,7,9-10,12,14H,1,3-6,8,11H2. The summed E-state index contributed by atoms with van der Waals surface area (Å²) in [5, 5.41) is 11.8. The summed E-state index contributed by atoms with van der Waals surface area (Å²) >= 11 is 1.73. The Labute approximate surface area is 96.5 Å². The fourth-order valence-corrected chi connectivity index (χ4v) is 2.39. The first kappa shape index (κ1) is 12.5. The largest absolute Gasteiger partial charge is 0.393 e. The lowest BCUT2D eigenvalue weighted by Crippen LogP contribution is -2.09. The van der Waals surface area contributed by atoms with Crippen molar-refractivity contribution in [2.24, 2.45) is 0 Å². The minimum Gasteiger partial charge on any atom is -0.393 e. The van der Waals surface area contributed by atoms with E-state index in [4.69, 9.17) is 0 Å². The number of aliphatic hydroxyl groups excluding tert-OH is 1. The second kappa shape index (κ2) is 7.66. The maximum absolute atomic E-state index is 9.76. The van der Waals surface area contributed by atoms with Crippen molar-refractivity contribution in [3.8, 4) is 0 Å². The Morgan fingerprint density at radius 2 is 2.27 bits per heavy atom. The first-order chi connectivity index (χ1) is 7.33. The third-order valence-electron chi connectivity index (χ3n) is 2.46. The molecule has 1 aromatic heterocycles. The van der Waals surface area contributed by atoms with Gasteiger partial charge in [0.25, 0.3) is 0 Å². The molecular formula is C13H20OS. The number of rotatable bonds is 8. The van der Waals surface area contributed by atoms with Crippen LogP contribution in [0.1, 0.15) is 37.0 Å². The van der Waals surface area contributed by atoms with Gasteiger partial charge in [0.1, 0.15) is 0 Å². The molecule has 0 amide bonds. The van der Waals surface area contributed by atoms with E-state index in [2.05, 4.69) is 18.0 Å². The smallest absolute Gasteiger partial charge is 0.0588 e. The molecule has 0 aliphatic heterocycles. The molecule has 1 heterocycles. The van der Waals surface area contributed by atoms with Crippen LogP contribution in [0.3, 0.4) is 0 Å². The molecule has 0 saturated heterocycles. The highest BCUT2D eigenvalue weighted by Crippen LogP contribution is 2.14. The van der Waals surface area contributed by atoms with Gasteiger partial charge in [0.05, 0.1) is 6.10 Å². The van der Waals surface area contributed by atoms with Crippen molar-refractivity contribution in [3.63, 3.8) is 0 Å². The summed E-state index contributed by atoms with van der Waals surface area (Å²) in [4.78, 5) is 1.29. The lowest BCUT2D eigenvalue weighted by atomic mass is 10.1. The van der Waals surface area contributed by atoms with E-state index in [0.29, 0.717) is 0 Å². The fraction of sp³-hybridized carbons (Fsp3) is 0.538. The highest BCUT2D eigenvalue weighted by molar-refractivity contribution is 7.09. The summed E-state index contributed by atoms with van der Waals surface area (Å²) in [5.74, 6) is 0. The molecule has 1 aromatic rings. The number of thiophene rings is 1. The van der Waals surface area contributed by atoms with Gasteiger partial charge in [-0.05, 0) is 30.7 Å². The van der Waals surface area contributed by atoms with Gasteiger partial charge in [-0.2, -0.15) is 0 Å². The number of allylic oxidation sites excluding steroid dienone is 1. The normalized spacial score (nSPS) is 12.6. The predicted molar refractivity (Wildman–Crippen MR) is 67.3 cm³/mol. The van der Waals surface area contributed by atoms with Crippen molar-refractivity contribution in [2.75, 3.05) is 0 Å². The van der Waals surface area contributed by atoms with Crippen molar-refractivity contribution in [2.45, 2.75) is 44.6 Å². The molecule has 0 fully saturated rings. The van der Waals surface area contributed by atoms with E-state index in [9.17, 15) is 5.11 Å². The molecule has 0 saturated carbocycles. The van der Waals surface area contributed by atoms with Gasteiger partial charge in [-0.3, -0.25) is 0 Å². The Kier molecular flexibility index (Phi) is 6.37. The van der Waals surface area contributed by atoms with Crippen molar-refractivity contribution in [1.29, 1.82) is 0 Å². The van der Waals surface area contributed by atoms with Crippen LogP contribution in [0, 0.1) is 0 Å². The maximum Gasteiger partial charge on any atom is 0.0588 e. The highest BCUT2D eigenvalue weighted by atomic mass is 32.1. The SMILES string of the molecule is C=CCCCCCC(O)Cc1cccs1. The van der Waals surface area contributed by atoms with Gasteiger partial charge in [0.2, 0.25) is 0 Å². The molecule has 1 nitrogen and oxygen atoms in total. The Balaban J connectivity index is 2.03. The molecule has 0 radical (unpaired) electrons. The molecule has 84 valence electrons. The second-order valence-electron chi connectivity index (χ2n) is 3.86. The molecule has 1 rings (SSSR count). The van der Waals surface area contributed by atoms with Crippen LogP contribution in [-0.2, 0) is 6.42 Å². The lowest BCUT2D eigenvalue weighted by Gasteiger charge is -2.08. The topological polar surface area (TPSA) is 20.2 Å². The second-order valence-corrected chi connectivity index (χ2v) is 4.90. The highest BCUT2D eigenvalue weighted by Gasteiger charge is 2.05. The molecule has 0 aliphatic rings. The summed E-state index contributed by atoms with van der Waals surface area (Å²) in [6.45, 7) is 3.70. The molecule has 1 unspecified atom stereocenters. The van der Waals surface area contributed by atoms with Crippen LogP contribution >= 0.6 is 11.3 Å². The zero-order chi connectivity index (χ0) is 10.9. The lowest BCUT2D eigenvalue weighted by molar-refractivity contribution is 0.162. The van der Waals surface area contributed by atoms with Gasteiger partial charge in [-0.15, -0.1) is 17.9 Å². The van der Waals surface area contributed by atoms with E-state index in [-0.39, 0.29) is 6.10 Å². The average molecular weight is 224 g/mol. The minimum absolute atomic E-state index is 0.160. The Bertz CT molecular complexity index is 254. The summed E-state index contributed by atoms with van der Waals surface area (Å²) in [6, 6.07) is 4.13. The maximum atomic E-state index is 9.76. The van der Waals surface area contributed by atoms with Crippen molar-refractivity contribution >= 4 is 11.3 Å². The monoisotopic (exact) mass is 224 g/mol. The zero-order valence-corrected chi connectivity index (χ0v) is 10.0. The van der Waals surface area contributed by atoms with Crippen molar-refractivity contribution < 1.29 is 5.11 Å². The molecular weight excluding hydrogens is 204 g/mol. The Hall–Kier alpha value is -0.600. The first-order valence-corrected chi connectivity index (χ1v) is 6.52. The van der Waals surface area contributed by atoms with Gasteiger partial charge in [0, 0.05) is 11.3 Å². The van der Waals surface area contributed by atoms with E-state index < -0.39 is 0 Å². The summed E-state index contributed by atoms with van der Waals surface area (Å²) in [6.07, 6.45) is 8.17. The number of hydrogen-bond donors (Lipinski definition) is 1. The number of unbranched alkanes of at least 4 members (excludes halogenated alkanes) is 3. The van der Waals surface area contributed by atoms with E-state index >= 15 is 0 Å². The van der Waals surface area contributed by atoms with Crippen LogP contribution < -0.4 is 0 Å². The van der Waals surface area contributed by atoms with Gasteiger partial charge >= 0.3 is 0 Å². The van der Waals surface area contributed by atoms with Crippen LogP contribution in [0.2, 0.25) is 0 Å². The minimum atomic E-state index is -0.160. The van der Waals surface area contributed by atoms with Gasteiger partial charge in [-0.25, -0.2) is 0 Å². The predicted octanol–water partition coefficient (Wildman–Crippen LogP) is 3.79. The summed E-state index contributed by atoms with van der Waals surface area (Å²) in [5.41, 5.74) is 0. The fourth-order valence-electron chi connectivity index (χ4n) is 1.61. The van der Waals surface area contributed by atoms with Gasteiger partial charge in [-0.1, -0.05) is 25.0 Å². The molecule has 15 heavy (non-hydrogen) atoms. The third kappa shape index (κ3) is 5.75. The molecule has 1 atom stereocenters.